The highest BCUT2D eigenvalue weighted by molar-refractivity contribution is 5.28. The van der Waals surface area contributed by atoms with E-state index in [2.05, 4.69) is 72.9 Å². The number of unbranched alkanes of at least 4 members (excludes halogenated alkanes) is 9. The van der Waals surface area contributed by atoms with Crippen LogP contribution < -0.4 is 17.7 Å². The zero-order valence-corrected chi connectivity index (χ0v) is 17.8. The lowest BCUT2D eigenvalue weighted by atomic mass is 9.98. The lowest BCUT2D eigenvalue weighted by Gasteiger charge is -2.16. The zero-order valence-electron chi connectivity index (χ0n) is 17.1. The second-order valence-electron chi connectivity index (χ2n) is 7.51. The van der Waals surface area contributed by atoms with Gasteiger partial charge in [0.1, 0.15) is 6.04 Å². The Morgan fingerprint density at radius 1 is 0.593 bits per heavy atom. The summed E-state index contributed by atoms with van der Waals surface area (Å²) < 4.78 is 0. The van der Waals surface area contributed by atoms with Crippen molar-refractivity contribution >= 4 is 0 Å². The van der Waals surface area contributed by atoms with Crippen molar-refractivity contribution in [1.82, 2.24) is 0 Å². The van der Waals surface area contributed by atoms with Crippen LogP contribution in [-0.2, 0) is 0 Å². The summed E-state index contributed by atoms with van der Waals surface area (Å²) >= 11 is 0. The third-order valence-electron chi connectivity index (χ3n) is 5.28. The maximum Gasteiger partial charge on any atom is 0.137 e. The average Bonchev–Trinajstić information content (AvgIpc) is 2.70. The van der Waals surface area contributed by atoms with E-state index in [1.807, 2.05) is 0 Å². The fourth-order valence-electron chi connectivity index (χ4n) is 3.70. The molecule has 0 aromatic heterocycles. The first-order valence-electron chi connectivity index (χ1n) is 10.8. The van der Waals surface area contributed by atoms with E-state index in [-0.39, 0.29) is 12.4 Å². The Morgan fingerprint density at radius 3 is 1.44 bits per heavy atom. The third-order valence-corrected chi connectivity index (χ3v) is 5.28. The van der Waals surface area contributed by atoms with Crippen LogP contribution in [0.3, 0.4) is 0 Å². The van der Waals surface area contributed by atoms with Crippen LogP contribution in [0.4, 0.5) is 0 Å². The van der Waals surface area contributed by atoms with E-state index in [0.29, 0.717) is 6.04 Å². The van der Waals surface area contributed by atoms with Gasteiger partial charge in [0.2, 0.25) is 0 Å². The normalized spacial score (nSPS) is 10.7. The summed E-state index contributed by atoms with van der Waals surface area (Å²) in [6.45, 7) is 3.50. The molecule has 0 radical (unpaired) electrons. The van der Waals surface area contributed by atoms with E-state index >= 15 is 0 Å². The predicted octanol–water partition coefficient (Wildman–Crippen LogP) is 3.26. The van der Waals surface area contributed by atoms with Gasteiger partial charge < -0.3 is 17.7 Å². The molecule has 150 valence electrons. The van der Waals surface area contributed by atoms with Gasteiger partial charge in [-0.15, -0.1) is 0 Å². The lowest BCUT2D eigenvalue weighted by Crippen LogP contribution is -3.00. The van der Waals surface area contributed by atoms with Gasteiger partial charge in [0.05, 0.1) is 6.54 Å². The molecular formula is C25H38ClN. The van der Waals surface area contributed by atoms with Gasteiger partial charge in [-0.2, -0.15) is 0 Å². The number of hydrogen-bond acceptors (Lipinski definition) is 0. The molecule has 27 heavy (non-hydrogen) atoms. The molecule has 2 N–H and O–H groups in total. The molecule has 0 fully saturated rings. The van der Waals surface area contributed by atoms with Gasteiger partial charge in [0.25, 0.3) is 0 Å². The molecule has 0 saturated carbocycles. The molecule has 0 aliphatic rings. The maximum absolute atomic E-state index is 2.52. The largest absolute Gasteiger partial charge is 1.00 e. The van der Waals surface area contributed by atoms with Gasteiger partial charge in [0, 0.05) is 11.1 Å². The van der Waals surface area contributed by atoms with Crippen LogP contribution in [0.1, 0.15) is 88.3 Å². The van der Waals surface area contributed by atoms with Crippen molar-refractivity contribution in [2.45, 2.75) is 77.2 Å². The van der Waals surface area contributed by atoms with E-state index in [0.717, 1.165) is 0 Å². The molecule has 2 heteroatoms. The predicted molar refractivity (Wildman–Crippen MR) is 113 cm³/mol. The van der Waals surface area contributed by atoms with E-state index in [1.165, 1.54) is 81.9 Å². The SMILES string of the molecule is CCCCCCCCCCCC[NH2+]C(c1ccccc1)c1ccccc1.[Cl-]. The van der Waals surface area contributed by atoms with Gasteiger partial charge in [-0.1, -0.05) is 119 Å². The maximum atomic E-state index is 2.52. The molecular weight excluding hydrogens is 350 g/mol. The second-order valence-corrected chi connectivity index (χ2v) is 7.51. The molecule has 0 aliphatic heterocycles. The van der Waals surface area contributed by atoms with Crippen molar-refractivity contribution in [3.05, 3.63) is 71.8 Å². The van der Waals surface area contributed by atoms with Gasteiger partial charge in [0.15, 0.2) is 0 Å². The molecule has 2 aromatic carbocycles. The summed E-state index contributed by atoms with van der Waals surface area (Å²) in [4.78, 5) is 0. The zero-order chi connectivity index (χ0) is 18.3. The number of rotatable bonds is 14. The monoisotopic (exact) mass is 387 g/mol. The summed E-state index contributed by atoms with van der Waals surface area (Å²) in [6.07, 6.45) is 14.1. The summed E-state index contributed by atoms with van der Waals surface area (Å²) in [6, 6.07) is 22.3. The standard InChI is InChI=1S/C25H37N.ClH/c1-2-3-4-5-6-7-8-9-10-17-22-26-25(23-18-13-11-14-19-23)24-20-15-12-16-21-24;/h11-16,18-21,25-26H,2-10,17,22H2,1H3;1H. The van der Waals surface area contributed by atoms with Gasteiger partial charge in [-0.25, -0.2) is 0 Å². The topological polar surface area (TPSA) is 16.6 Å². The Bertz CT molecular complexity index is 516. The molecule has 0 amide bonds. The molecule has 0 saturated heterocycles. The number of hydrogen-bond donors (Lipinski definition) is 1. The molecule has 0 heterocycles. The number of nitrogens with two attached hydrogens (primary N) is 1. The molecule has 0 unspecified atom stereocenters. The number of quaternary nitrogens is 1. The highest BCUT2D eigenvalue weighted by atomic mass is 35.5. The van der Waals surface area contributed by atoms with Crippen molar-refractivity contribution in [2.24, 2.45) is 0 Å². The Morgan fingerprint density at radius 2 is 1.00 bits per heavy atom. The van der Waals surface area contributed by atoms with Gasteiger partial charge in [-0.05, 0) is 12.8 Å². The molecule has 0 bridgehead atoms. The first-order valence-corrected chi connectivity index (χ1v) is 10.8. The fourth-order valence-corrected chi connectivity index (χ4v) is 3.70. The minimum Gasteiger partial charge on any atom is -1.00 e. The second kappa shape index (κ2) is 15.7. The van der Waals surface area contributed by atoms with Crippen LogP contribution in [0.2, 0.25) is 0 Å². The van der Waals surface area contributed by atoms with Crippen LogP contribution in [0.5, 0.6) is 0 Å². The van der Waals surface area contributed by atoms with E-state index < -0.39 is 0 Å². The molecule has 1 nitrogen and oxygen atoms in total. The minimum absolute atomic E-state index is 0. The Hall–Kier alpha value is -1.31. The number of halogens is 1. The summed E-state index contributed by atoms with van der Waals surface area (Å²) in [5.74, 6) is 0. The lowest BCUT2D eigenvalue weighted by molar-refractivity contribution is -0.687. The van der Waals surface area contributed by atoms with Gasteiger partial charge >= 0.3 is 0 Å². The highest BCUT2D eigenvalue weighted by Crippen LogP contribution is 2.17. The van der Waals surface area contributed by atoms with Crippen LogP contribution in [-0.4, -0.2) is 6.54 Å². The Balaban J connectivity index is 0.00000364. The van der Waals surface area contributed by atoms with Gasteiger partial charge in [-0.3, -0.25) is 0 Å². The fraction of sp³-hybridized carbons (Fsp3) is 0.520. The summed E-state index contributed by atoms with van der Waals surface area (Å²) in [5, 5.41) is 2.52. The van der Waals surface area contributed by atoms with E-state index in [4.69, 9.17) is 0 Å². The highest BCUT2D eigenvalue weighted by Gasteiger charge is 2.16. The summed E-state index contributed by atoms with van der Waals surface area (Å²) in [7, 11) is 0. The van der Waals surface area contributed by atoms with Crippen LogP contribution >= 0.6 is 0 Å². The van der Waals surface area contributed by atoms with Crippen molar-refractivity contribution < 1.29 is 17.7 Å². The quantitative estimate of drug-likeness (QED) is 0.479. The third kappa shape index (κ3) is 9.98. The molecule has 0 spiro atoms. The Labute approximate surface area is 173 Å². The van der Waals surface area contributed by atoms with Crippen LogP contribution in [0.25, 0.3) is 0 Å². The van der Waals surface area contributed by atoms with Crippen LogP contribution in [0, 0.1) is 0 Å². The van der Waals surface area contributed by atoms with Crippen LogP contribution in [0.15, 0.2) is 60.7 Å². The van der Waals surface area contributed by atoms with Crippen molar-refractivity contribution in [2.75, 3.05) is 6.54 Å². The molecule has 0 aliphatic carbocycles. The average molecular weight is 388 g/mol. The smallest absolute Gasteiger partial charge is 0.137 e. The minimum atomic E-state index is 0. The number of benzene rings is 2. The van der Waals surface area contributed by atoms with Crippen molar-refractivity contribution in [3.63, 3.8) is 0 Å². The van der Waals surface area contributed by atoms with E-state index in [1.54, 1.807) is 0 Å². The van der Waals surface area contributed by atoms with E-state index in [9.17, 15) is 0 Å². The first kappa shape index (κ1) is 23.7. The van der Waals surface area contributed by atoms with Crippen molar-refractivity contribution in [3.8, 4) is 0 Å². The molecule has 2 aromatic rings. The Kier molecular flexibility index (Phi) is 13.8. The molecule has 0 atom stereocenters. The van der Waals surface area contributed by atoms with Crippen molar-refractivity contribution in [1.29, 1.82) is 0 Å². The first-order chi connectivity index (χ1) is 12.9. The summed E-state index contributed by atoms with van der Waals surface area (Å²) in [5.41, 5.74) is 2.82. The molecule has 2 rings (SSSR count).